The van der Waals surface area contributed by atoms with E-state index >= 15 is 0 Å². The molecule has 20 heavy (non-hydrogen) atoms. The van der Waals surface area contributed by atoms with Crippen LogP contribution in [0.25, 0.3) is 0 Å². The van der Waals surface area contributed by atoms with Gasteiger partial charge in [-0.3, -0.25) is 10.2 Å². The van der Waals surface area contributed by atoms with Gasteiger partial charge in [0.2, 0.25) is 0 Å². The van der Waals surface area contributed by atoms with Gasteiger partial charge in [-0.15, -0.1) is 0 Å². The molecule has 6 heteroatoms. The summed E-state index contributed by atoms with van der Waals surface area (Å²) in [5, 5.41) is 7.35. The maximum atomic E-state index is 12.0. The van der Waals surface area contributed by atoms with Gasteiger partial charge in [-0.05, 0) is 19.1 Å². The number of hydrogen-bond acceptors (Lipinski definition) is 3. The molecule has 1 aliphatic rings. The maximum Gasteiger partial charge on any atom is 0.260 e. The second-order valence-corrected chi connectivity index (χ2v) is 4.85. The van der Waals surface area contributed by atoms with Crippen molar-refractivity contribution in [1.82, 2.24) is 9.80 Å². The molecule has 3 N–H and O–H groups in total. The number of nitrogens with zero attached hydrogens (tertiary/aromatic N) is 2. The average molecular weight is 276 g/mol. The van der Waals surface area contributed by atoms with E-state index in [1.807, 2.05) is 31.2 Å². The Balaban J connectivity index is 1.78. The Labute approximate surface area is 118 Å². The quantitative estimate of drug-likeness (QED) is 0.619. The van der Waals surface area contributed by atoms with Crippen LogP contribution in [0.3, 0.4) is 0 Å². The van der Waals surface area contributed by atoms with Crippen LogP contribution in [0, 0.1) is 12.3 Å². The number of benzene rings is 1. The van der Waals surface area contributed by atoms with Gasteiger partial charge >= 0.3 is 0 Å². The van der Waals surface area contributed by atoms with Crippen LogP contribution in [-0.4, -0.2) is 54.5 Å². The van der Waals surface area contributed by atoms with E-state index in [1.54, 1.807) is 9.80 Å². The Morgan fingerprint density at radius 3 is 2.30 bits per heavy atom. The van der Waals surface area contributed by atoms with Crippen molar-refractivity contribution in [3.05, 3.63) is 29.8 Å². The number of aryl methyl sites for hydroxylation is 1. The van der Waals surface area contributed by atoms with Crippen LogP contribution in [0.15, 0.2) is 24.3 Å². The highest BCUT2D eigenvalue weighted by atomic mass is 16.5. The molecule has 108 valence electrons. The Morgan fingerprint density at radius 1 is 1.20 bits per heavy atom. The number of ether oxygens (including phenoxy) is 1. The summed E-state index contributed by atoms with van der Waals surface area (Å²) in [7, 11) is 0. The predicted octanol–water partition coefficient (Wildman–Crippen LogP) is 0.411. The van der Waals surface area contributed by atoms with Crippen LogP contribution in [0.5, 0.6) is 5.75 Å². The molecule has 1 amide bonds. The first-order valence-electron chi connectivity index (χ1n) is 6.62. The number of hydrogen-bond donors (Lipinski definition) is 2. The summed E-state index contributed by atoms with van der Waals surface area (Å²) >= 11 is 0. The van der Waals surface area contributed by atoms with Gasteiger partial charge in [-0.25, -0.2) is 0 Å². The molecular formula is C14H20N4O2. The Hall–Kier alpha value is -2.24. The van der Waals surface area contributed by atoms with E-state index in [4.69, 9.17) is 15.9 Å². The van der Waals surface area contributed by atoms with E-state index in [1.165, 1.54) is 0 Å². The minimum atomic E-state index is -0.0335. The predicted molar refractivity (Wildman–Crippen MR) is 76.7 cm³/mol. The summed E-state index contributed by atoms with van der Waals surface area (Å²) < 4.78 is 5.48. The number of rotatable bonds is 3. The van der Waals surface area contributed by atoms with Crippen molar-refractivity contribution >= 4 is 11.9 Å². The maximum absolute atomic E-state index is 12.0. The zero-order chi connectivity index (χ0) is 14.5. The molecule has 0 bridgehead atoms. The lowest BCUT2D eigenvalue weighted by Crippen LogP contribution is -2.53. The topological polar surface area (TPSA) is 82.7 Å². The fourth-order valence-electron chi connectivity index (χ4n) is 2.07. The summed E-state index contributed by atoms with van der Waals surface area (Å²) in [6, 6.07) is 7.61. The molecule has 1 heterocycles. The SMILES string of the molecule is Cc1ccc(OCC(=O)N2CCN(C(=N)N)CC2)cc1. The highest BCUT2D eigenvalue weighted by molar-refractivity contribution is 5.79. The lowest BCUT2D eigenvalue weighted by Gasteiger charge is -2.34. The number of amides is 1. The minimum absolute atomic E-state index is 0.0335. The Kier molecular flexibility index (Phi) is 4.45. The van der Waals surface area contributed by atoms with E-state index < -0.39 is 0 Å². The molecule has 0 unspecified atom stereocenters. The van der Waals surface area contributed by atoms with Crippen molar-refractivity contribution in [1.29, 1.82) is 5.41 Å². The smallest absolute Gasteiger partial charge is 0.260 e. The number of carbonyl (C=O) groups is 1. The zero-order valence-corrected chi connectivity index (χ0v) is 11.6. The molecule has 0 radical (unpaired) electrons. The van der Waals surface area contributed by atoms with E-state index in [9.17, 15) is 4.79 Å². The van der Waals surface area contributed by atoms with Crippen molar-refractivity contribution in [2.75, 3.05) is 32.8 Å². The minimum Gasteiger partial charge on any atom is -0.484 e. The largest absolute Gasteiger partial charge is 0.484 e. The third-order valence-electron chi connectivity index (χ3n) is 3.36. The van der Waals surface area contributed by atoms with Crippen molar-refractivity contribution < 1.29 is 9.53 Å². The molecule has 0 aromatic heterocycles. The van der Waals surface area contributed by atoms with Crippen LogP contribution in [-0.2, 0) is 4.79 Å². The van der Waals surface area contributed by atoms with Crippen LogP contribution < -0.4 is 10.5 Å². The lowest BCUT2D eigenvalue weighted by atomic mass is 10.2. The normalized spacial score (nSPS) is 15.1. The number of nitrogens with two attached hydrogens (primary N) is 1. The van der Waals surface area contributed by atoms with E-state index in [0.29, 0.717) is 31.9 Å². The van der Waals surface area contributed by atoms with Gasteiger partial charge in [0.25, 0.3) is 5.91 Å². The summed E-state index contributed by atoms with van der Waals surface area (Å²) in [6.07, 6.45) is 0. The van der Waals surface area contributed by atoms with Gasteiger partial charge < -0.3 is 20.3 Å². The molecule has 0 saturated carbocycles. The highest BCUT2D eigenvalue weighted by Crippen LogP contribution is 2.11. The summed E-state index contributed by atoms with van der Waals surface area (Å²) in [6.45, 7) is 4.41. The van der Waals surface area contributed by atoms with Gasteiger partial charge in [0.15, 0.2) is 12.6 Å². The van der Waals surface area contributed by atoms with Crippen LogP contribution in [0.4, 0.5) is 0 Å². The van der Waals surface area contributed by atoms with Crippen LogP contribution in [0.1, 0.15) is 5.56 Å². The fourth-order valence-corrected chi connectivity index (χ4v) is 2.07. The average Bonchev–Trinajstić information content (AvgIpc) is 2.46. The molecular weight excluding hydrogens is 256 g/mol. The van der Waals surface area contributed by atoms with E-state index in [2.05, 4.69) is 0 Å². The van der Waals surface area contributed by atoms with Crippen molar-refractivity contribution in [2.24, 2.45) is 5.73 Å². The first kappa shape index (κ1) is 14.2. The second kappa shape index (κ2) is 6.27. The van der Waals surface area contributed by atoms with Gasteiger partial charge in [0.05, 0.1) is 0 Å². The highest BCUT2D eigenvalue weighted by Gasteiger charge is 2.21. The third kappa shape index (κ3) is 3.63. The lowest BCUT2D eigenvalue weighted by molar-refractivity contribution is -0.134. The van der Waals surface area contributed by atoms with Crippen molar-refractivity contribution in [3.63, 3.8) is 0 Å². The Bertz CT molecular complexity index is 478. The molecule has 1 aromatic rings. The fraction of sp³-hybridized carbons (Fsp3) is 0.429. The second-order valence-electron chi connectivity index (χ2n) is 4.85. The van der Waals surface area contributed by atoms with E-state index in [-0.39, 0.29) is 18.5 Å². The molecule has 2 rings (SSSR count). The van der Waals surface area contributed by atoms with Gasteiger partial charge in [0.1, 0.15) is 5.75 Å². The standard InChI is InChI=1S/C14H20N4O2/c1-11-2-4-12(5-3-11)20-10-13(19)17-6-8-18(9-7-17)14(15)16/h2-5H,6-10H2,1H3,(H3,15,16). The zero-order valence-electron chi connectivity index (χ0n) is 11.6. The first-order chi connectivity index (χ1) is 9.56. The Morgan fingerprint density at radius 2 is 1.75 bits per heavy atom. The van der Waals surface area contributed by atoms with E-state index in [0.717, 1.165) is 5.56 Å². The van der Waals surface area contributed by atoms with Gasteiger partial charge in [-0.2, -0.15) is 0 Å². The summed E-state index contributed by atoms with van der Waals surface area (Å²) in [4.78, 5) is 15.5. The summed E-state index contributed by atoms with van der Waals surface area (Å²) in [5.41, 5.74) is 6.57. The first-order valence-corrected chi connectivity index (χ1v) is 6.62. The number of carbonyl (C=O) groups excluding carboxylic acids is 1. The number of nitrogens with one attached hydrogen (secondary N) is 1. The molecule has 1 fully saturated rings. The monoisotopic (exact) mass is 276 g/mol. The van der Waals surface area contributed by atoms with Gasteiger partial charge in [0, 0.05) is 26.2 Å². The third-order valence-corrected chi connectivity index (χ3v) is 3.36. The molecule has 0 atom stereocenters. The molecule has 0 aliphatic carbocycles. The molecule has 1 aromatic carbocycles. The molecule has 1 saturated heterocycles. The molecule has 1 aliphatic heterocycles. The number of piperazine rings is 1. The summed E-state index contributed by atoms with van der Waals surface area (Å²) in [5.74, 6) is 0.730. The van der Waals surface area contributed by atoms with Crippen molar-refractivity contribution in [2.45, 2.75) is 6.92 Å². The van der Waals surface area contributed by atoms with Crippen LogP contribution >= 0.6 is 0 Å². The van der Waals surface area contributed by atoms with Crippen molar-refractivity contribution in [3.8, 4) is 5.75 Å². The number of guanidine groups is 1. The molecule has 6 nitrogen and oxygen atoms in total. The molecule has 0 spiro atoms. The van der Waals surface area contributed by atoms with Gasteiger partial charge in [-0.1, -0.05) is 17.7 Å². The van der Waals surface area contributed by atoms with Crippen LogP contribution in [0.2, 0.25) is 0 Å².